The Morgan fingerprint density at radius 2 is 1.90 bits per heavy atom. The van der Waals surface area contributed by atoms with Crippen LogP contribution in [0.5, 0.6) is 5.75 Å². The van der Waals surface area contributed by atoms with Crippen molar-refractivity contribution < 1.29 is 19.4 Å². The Hall–Kier alpha value is -2.24. The van der Waals surface area contributed by atoms with E-state index in [0.717, 1.165) is 12.2 Å². The molecule has 6 heteroatoms. The number of rotatable bonds is 8. The second-order valence-electron chi connectivity index (χ2n) is 4.67. The molecule has 0 fully saturated rings. The zero-order valence-corrected chi connectivity index (χ0v) is 12.4. The molecule has 1 aromatic carbocycles. The SMILES string of the molecule is CCCOc1ccc(NC(=O)NC(CC)CC(=O)O)cc1. The maximum absolute atomic E-state index is 11.8. The Labute approximate surface area is 124 Å². The van der Waals surface area contributed by atoms with Crippen molar-refractivity contribution in [3.63, 3.8) is 0 Å². The summed E-state index contributed by atoms with van der Waals surface area (Å²) in [5, 5.41) is 14.0. The minimum atomic E-state index is -0.931. The predicted molar refractivity (Wildman–Crippen MR) is 80.7 cm³/mol. The number of urea groups is 1. The van der Waals surface area contributed by atoms with Crippen LogP contribution in [0.15, 0.2) is 24.3 Å². The molecule has 116 valence electrons. The van der Waals surface area contributed by atoms with Gasteiger partial charge in [-0.25, -0.2) is 4.79 Å². The van der Waals surface area contributed by atoms with E-state index in [-0.39, 0.29) is 12.5 Å². The number of anilines is 1. The van der Waals surface area contributed by atoms with Gasteiger partial charge in [0.1, 0.15) is 5.75 Å². The van der Waals surface area contributed by atoms with Gasteiger partial charge in [0, 0.05) is 11.7 Å². The number of ether oxygens (including phenoxy) is 1. The van der Waals surface area contributed by atoms with E-state index < -0.39 is 12.0 Å². The largest absolute Gasteiger partial charge is 0.494 e. The maximum Gasteiger partial charge on any atom is 0.319 e. The van der Waals surface area contributed by atoms with Gasteiger partial charge in [0.05, 0.1) is 13.0 Å². The second kappa shape index (κ2) is 8.84. The maximum atomic E-state index is 11.8. The third-order valence-corrected chi connectivity index (χ3v) is 2.83. The third-order valence-electron chi connectivity index (χ3n) is 2.83. The summed E-state index contributed by atoms with van der Waals surface area (Å²) in [6.07, 6.45) is 1.40. The van der Waals surface area contributed by atoms with Crippen LogP contribution in [-0.4, -0.2) is 29.8 Å². The molecule has 0 aromatic heterocycles. The number of carbonyl (C=O) groups is 2. The number of hydrogen-bond acceptors (Lipinski definition) is 3. The summed E-state index contributed by atoms with van der Waals surface area (Å²) in [5.74, 6) is -0.181. The fourth-order valence-electron chi connectivity index (χ4n) is 1.72. The van der Waals surface area contributed by atoms with E-state index in [1.165, 1.54) is 0 Å². The van der Waals surface area contributed by atoms with Gasteiger partial charge in [0.15, 0.2) is 0 Å². The molecule has 0 spiro atoms. The quantitative estimate of drug-likeness (QED) is 0.688. The first-order valence-corrected chi connectivity index (χ1v) is 7.07. The molecule has 0 saturated carbocycles. The normalized spacial score (nSPS) is 11.5. The van der Waals surface area contributed by atoms with Crippen molar-refractivity contribution in [3.8, 4) is 5.75 Å². The molecule has 1 atom stereocenters. The fourth-order valence-corrected chi connectivity index (χ4v) is 1.72. The van der Waals surface area contributed by atoms with Crippen molar-refractivity contribution in [2.24, 2.45) is 0 Å². The summed E-state index contributed by atoms with van der Waals surface area (Å²) >= 11 is 0. The zero-order chi connectivity index (χ0) is 15.7. The van der Waals surface area contributed by atoms with Crippen molar-refractivity contribution >= 4 is 17.7 Å². The Bertz CT molecular complexity index is 459. The molecular formula is C15H22N2O4. The molecule has 3 N–H and O–H groups in total. The van der Waals surface area contributed by atoms with Crippen LogP contribution < -0.4 is 15.4 Å². The minimum Gasteiger partial charge on any atom is -0.494 e. The summed E-state index contributed by atoms with van der Waals surface area (Å²) in [4.78, 5) is 22.4. The molecule has 6 nitrogen and oxygen atoms in total. The topological polar surface area (TPSA) is 87.7 Å². The van der Waals surface area contributed by atoms with Crippen LogP contribution in [0.25, 0.3) is 0 Å². The summed E-state index contributed by atoms with van der Waals surface area (Å²) in [5.41, 5.74) is 0.626. The Morgan fingerprint density at radius 1 is 1.24 bits per heavy atom. The van der Waals surface area contributed by atoms with Crippen molar-refractivity contribution in [1.82, 2.24) is 5.32 Å². The summed E-state index contributed by atoms with van der Waals surface area (Å²) in [7, 11) is 0. The number of hydrogen-bond donors (Lipinski definition) is 3. The van der Waals surface area contributed by atoms with Gasteiger partial charge in [-0.3, -0.25) is 4.79 Å². The molecule has 0 aliphatic rings. The lowest BCUT2D eigenvalue weighted by molar-refractivity contribution is -0.137. The monoisotopic (exact) mass is 294 g/mol. The summed E-state index contributed by atoms with van der Waals surface area (Å²) in [6, 6.07) is 6.24. The zero-order valence-electron chi connectivity index (χ0n) is 12.4. The lowest BCUT2D eigenvalue weighted by Gasteiger charge is -2.15. The van der Waals surface area contributed by atoms with Crippen LogP contribution in [0.4, 0.5) is 10.5 Å². The number of carboxylic acid groups (broad SMARTS) is 1. The molecule has 0 bridgehead atoms. The number of nitrogens with one attached hydrogen (secondary N) is 2. The molecule has 0 aliphatic carbocycles. The van der Waals surface area contributed by atoms with Gasteiger partial charge in [-0.15, -0.1) is 0 Å². The number of carboxylic acids is 1. The van der Waals surface area contributed by atoms with E-state index in [2.05, 4.69) is 10.6 Å². The molecule has 2 amide bonds. The van der Waals surface area contributed by atoms with Crippen LogP contribution in [-0.2, 0) is 4.79 Å². The van der Waals surface area contributed by atoms with Gasteiger partial charge >= 0.3 is 12.0 Å². The van der Waals surface area contributed by atoms with Gasteiger partial charge in [0.25, 0.3) is 0 Å². The first kappa shape index (κ1) is 16.8. The third kappa shape index (κ3) is 6.65. The Morgan fingerprint density at radius 3 is 2.43 bits per heavy atom. The average Bonchev–Trinajstić information content (AvgIpc) is 2.45. The smallest absolute Gasteiger partial charge is 0.319 e. The van der Waals surface area contributed by atoms with Crippen molar-refractivity contribution in [3.05, 3.63) is 24.3 Å². The molecule has 0 saturated heterocycles. The van der Waals surface area contributed by atoms with Gasteiger partial charge in [-0.2, -0.15) is 0 Å². The number of carbonyl (C=O) groups excluding carboxylic acids is 1. The molecule has 21 heavy (non-hydrogen) atoms. The molecule has 1 aromatic rings. The highest BCUT2D eigenvalue weighted by Crippen LogP contribution is 2.15. The lowest BCUT2D eigenvalue weighted by atomic mass is 10.1. The standard InChI is InChI=1S/C15H22N2O4/c1-3-9-21-13-7-5-12(6-8-13)17-15(20)16-11(4-2)10-14(18)19/h5-8,11H,3-4,9-10H2,1-2H3,(H,18,19)(H2,16,17,20). The second-order valence-corrected chi connectivity index (χ2v) is 4.67. The van der Waals surface area contributed by atoms with E-state index >= 15 is 0 Å². The Balaban J connectivity index is 2.48. The molecule has 0 radical (unpaired) electrons. The molecule has 1 unspecified atom stereocenters. The van der Waals surface area contributed by atoms with Crippen LogP contribution >= 0.6 is 0 Å². The molecular weight excluding hydrogens is 272 g/mol. The first-order chi connectivity index (χ1) is 10.0. The van der Waals surface area contributed by atoms with Crippen molar-refractivity contribution in [2.75, 3.05) is 11.9 Å². The highest BCUT2D eigenvalue weighted by Gasteiger charge is 2.13. The predicted octanol–water partition coefficient (Wildman–Crippen LogP) is 2.85. The number of benzene rings is 1. The summed E-state index contributed by atoms with van der Waals surface area (Å²) in [6.45, 7) is 4.51. The van der Waals surface area contributed by atoms with E-state index in [4.69, 9.17) is 9.84 Å². The molecule has 0 aliphatic heterocycles. The van der Waals surface area contributed by atoms with Crippen molar-refractivity contribution in [1.29, 1.82) is 0 Å². The highest BCUT2D eigenvalue weighted by atomic mass is 16.5. The van der Waals surface area contributed by atoms with Crippen molar-refractivity contribution in [2.45, 2.75) is 39.2 Å². The number of amides is 2. The van der Waals surface area contributed by atoms with Gasteiger partial charge in [-0.1, -0.05) is 13.8 Å². The number of aliphatic carboxylic acids is 1. The van der Waals surface area contributed by atoms with E-state index in [1.807, 2.05) is 13.8 Å². The van der Waals surface area contributed by atoms with E-state index in [1.54, 1.807) is 24.3 Å². The molecule has 0 heterocycles. The fraction of sp³-hybridized carbons (Fsp3) is 0.467. The van der Waals surface area contributed by atoms with Crippen LogP contribution in [0.2, 0.25) is 0 Å². The summed E-state index contributed by atoms with van der Waals surface area (Å²) < 4.78 is 5.45. The van der Waals surface area contributed by atoms with Gasteiger partial charge < -0.3 is 20.5 Å². The minimum absolute atomic E-state index is 0.0896. The average molecular weight is 294 g/mol. The Kier molecular flexibility index (Phi) is 7.08. The van der Waals surface area contributed by atoms with E-state index in [0.29, 0.717) is 18.7 Å². The van der Waals surface area contributed by atoms with Crippen LogP contribution in [0.3, 0.4) is 0 Å². The first-order valence-electron chi connectivity index (χ1n) is 7.07. The van der Waals surface area contributed by atoms with Crippen LogP contribution in [0, 0.1) is 0 Å². The van der Waals surface area contributed by atoms with Gasteiger partial charge in [-0.05, 0) is 37.1 Å². The van der Waals surface area contributed by atoms with Gasteiger partial charge in [0.2, 0.25) is 0 Å². The highest BCUT2D eigenvalue weighted by molar-refractivity contribution is 5.89. The lowest BCUT2D eigenvalue weighted by Crippen LogP contribution is -2.38. The van der Waals surface area contributed by atoms with E-state index in [9.17, 15) is 9.59 Å². The molecule has 1 rings (SSSR count). The van der Waals surface area contributed by atoms with Crippen LogP contribution in [0.1, 0.15) is 33.1 Å².